The van der Waals surface area contributed by atoms with Gasteiger partial charge < -0.3 is 9.84 Å². The zero-order valence-electron chi connectivity index (χ0n) is 6.79. The van der Waals surface area contributed by atoms with E-state index in [0.29, 0.717) is 18.4 Å². The van der Waals surface area contributed by atoms with Crippen LogP contribution in [0.25, 0.3) is 0 Å². The van der Waals surface area contributed by atoms with E-state index < -0.39 is 17.4 Å². The van der Waals surface area contributed by atoms with Crippen molar-refractivity contribution in [2.24, 2.45) is 5.41 Å². The van der Waals surface area contributed by atoms with E-state index in [1.807, 2.05) is 0 Å². The molecule has 1 atom stereocenters. The van der Waals surface area contributed by atoms with Gasteiger partial charge in [-0.15, -0.1) is 0 Å². The van der Waals surface area contributed by atoms with Crippen LogP contribution < -0.4 is 0 Å². The number of esters is 1. The lowest BCUT2D eigenvalue weighted by molar-refractivity contribution is -0.167. The number of rotatable bonds is 2. The van der Waals surface area contributed by atoms with Crippen molar-refractivity contribution >= 4 is 11.9 Å². The highest BCUT2D eigenvalue weighted by Crippen LogP contribution is 2.46. The number of hydrogen-bond donors (Lipinski definition) is 1. The van der Waals surface area contributed by atoms with Crippen molar-refractivity contribution in [2.75, 3.05) is 7.11 Å². The fourth-order valence-electron chi connectivity index (χ4n) is 1.32. The zero-order valence-corrected chi connectivity index (χ0v) is 6.79. The number of carboxylic acid groups (broad SMARTS) is 1. The van der Waals surface area contributed by atoms with E-state index in [-0.39, 0.29) is 0 Å². The summed E-state index contributed by atoms with van der Waals surface area (Å²) in [5, 5.41) is 8.79. The summed E-state index contributed by atoms with van der Waals surface area (Å²) in [4.78, 5) is 21.9. The van der Waals surface area contributed by atoms with E-state index in [9.17, 15) is 9.59 Å². The Kier molecular flexibility index (Phi) is 1.92. The number of methoxy groups -OCH3 is 1. The summed E-state index contributed by atoms with van der Waals surface area (Å²) in [6.45, 7) is 3.52. The fraction of sp³-hybridized carbons (Fsp3) is 0.500. The number of carboxylic acids is 1. The lowest BCUT2D eigenvalue weighted by Gasteiger charge is -2.36. The summed E-state index contributed by atoms with van der Waals surface area (Å²) in [6, 6.07) is 0. The Labute approximate surface area is 69.8 Å². The van der Waals surface area contributed by atoms with E-state index in [1.165, 1.54) is 7.11 Å². The zero-order chi connectivity index (χ0) is 9.35. The monoisotopic (exact) mass is 170 g/mol. The van der Waals surface area contributed by atoms with Crippen LogP contribution >= 0.6 is 0 Å². The Morgan fingerprint density at radius 3 is 2.33 bits per heavy atom. The molecule has 0 saturated heterocycles. The first-order valence-corrected chi connectivity index (χ1v) is 3.55. The van der Waals surface area contributed by atoms with Gasteiger partial charge in [-0.3, -0.25) is 9.59 Å². The molecular weight excluding hydrogens is 160 g/mol. The molecule has 0 aliphatic heterocycles. The van der Waals surface area contributed by atoms with Gasteiger partial charge in [-0.1, -0.05) is 6.58 Å². The van der Waals surface area contributed by atoms with Crippen molar-refractivity contribution in [2.45, 2.75) is 12.8 Å². The summed E-state index contributed by atoms with van der Waals surface area (Å²) in [5.74, 6) is -1.88. The largest absolute Gasteiger partial charge is 0.480 e. The van der Waals surface area contributed by atoms with E-state index in [2.05, 4.69) is 11.3 Å². The predicted octanol–water partition coefficient (Wildman–Crippen LogP) is 0.580. The Morgan fingerprint density at radius 2 is 2.25 bits per heavy atom. The molecule has 1 aliphatic rings. The van der Waals surface area contributed by atoms with Gasteiger partial charge in [0.2, 0.25) is 0 Å². The fourth-order valence-corrected chi connectivity index (χ4v) is 1.32. The van der Waals surface area contributed by atoms with Crippen LogP contribution in [0.4, 0.5) is 0 Å². The van der Waals surface area contributed by atoms with Crippen LogP contribution in [-0.4, -0.2) is 24.2 Å². The van der Waals surface area contributed by atoms with Crippen LogP contribution in [0.3, 0.4) is 0 Å². The topological polar surface area (TPSA) is 63.6 Å². The van der Waals surface area contributed by atoms with E-state index >= 15 is 0 Å². The summed E-state index contributed by atoms with van der Waals surface area (Å²) < 4.78 is 4.41. The van der Waals surface area contributed by atoms with Gasteiger partial charge in [-0.2, -0.15) is 0 Å². The minimum atomic E-state index is -1.45. The van der Waals surface area contributed by atoms with Crippen molar-refractivity contribution in [3.8, 4) is 0 Å². The Balaban J connectivity index is 2.96. The quantitative estimate of drug-likeness (QED) is 0.374. The number of ether oxygens (including phenoxy) is 1. The van der Waals surface area contributed by atoms with Gasteiger partial charge in [-0.25, -0.2) is 0 Å². The molecule has 12 heavy (non-hydrogen) atoms. The lowest BCUT2D eigenvalue weighted by atomic mass is 9.65. The molecule has 0 amide bonds. The van der Waals surface area contributed by atoms with Gasteiger partial charge in [0.1, 0.15) is 0 Å². The lowest BCUT2D eigenvalue weighted by Crippen LogP contribution is -2.47. The third-order valence-electron chi connectivity index (χ3n) is 2.30. The van der Waals surface area contributed by atoms with Gasteiger partial charge in [0, 0.05) is 0 Å². The van der Waals surface area contributed by atoms with Gasteiger partial charge in [0.05, 0.1) is 7.11 Å². The van der Waals surface area contributed by atoms with E-state index in [4.69, 9.17) is 5.11 Å². The molecule has 1 unspecified atom stereocenters. The Morgan fingerprint density at radius 1 is 1.67 bits per heavy atom. The van der Waals surface area contributed by atoms with Crippen LogP contribution in [0.2, 0.25) is 0 Å². The third-order valence-corrected chi connectivity index (χ3v) is 2.30. The van der Waals surface area contributed by atoms with Gasteiger partial charge >= 0.3 is 11.9 Å². The normalized spacial score (nSPS) is 27.6. The first kappa shape index (κ1) is 8.77. The van der Waals surface area contributed by atoms with Crippen molar-refractivity contribution in [3.63, 3.8) is 0 Å². The molecule has 1 saturated carbocycles. The predicted molar refractivity (Wildman–Crippen MR) is 40.5 cm³/mol. The van der Waals surface area contributed by atoms with Gasteiger partial charge in [0.25, 0.3) is 0 Å². The van der Waals surface area contributed by atoms with Crippen molar-refractivity contribution in [1.82, 2.24) is 0 Å². The molecule has 0 spiro atoms. The molecule has 0 aromatic carbocycles. The second-order valence-electron chi connectivity index (χ2n) is 2.81. The second kappa shape index (κ2) is 2.62. The number of hydrogen-bond acceptors (Lipinski definition) is 3. The van der Waals surface area contributed by atoms with Crippen LogP contribution in [0, 0.1) is 5.41 Å². The number of carbonyl (C=O) groups is 2. The summed E-state index contributed by atoms with van der Waals surface area (Å²) in [5.41, 5.74) is -1.02. The maximum atomic E-state index is 11.1. The number of aliphatic carboxylic acids is 1. The average molecular weight is 170 g/mol. The minimum absolute atomic E-state index is 0.299. The molecule has 4 nitrogen and oxygen atoms in total. The van der Waals surface area contributed by atoms with Gasteiger partial charge in [-0.05, 0) is 18.4 Å². The molecule has 1 rings (SSSR count). The molecule has 1 N–H and O–H groups in total. The molecule has 1 aliphatic carbocycles. The van der Waals surface area contributed by atoms with E-state index in [0.717, 1.165) is 0 Å². The smallest absolute Gasteiger partial charge is 0.327 e. The summed E-state index contributed by atoms with van der Waals surface area (Å²) in [6.07, 6.45) is 0.884. The van der Waals surface area contributed by atoms with Crippen molar-refractivity contribution in [3.05, 3.63) is 12.2 Å². The Bertz CT molecular complexity index is 246. The summed E-state index contributed by atoms with van der Waals surface area (Å²) in [7, 11) is 1.18. The second-order valence-corrected chi connectivity index (χ2v) is 2.81. The molecule has 4 heteroatoms. The molecule has 0 aromatic rings. The first-order chi connectivity index (χ1) is 5.55. The average Bonchev–Trinajstić information content (AvgIpc) is 2.01. The van der Waals surface area contributed by atoms with Crippen molar-refractivity contribution < 1.29 is 19.4 Å². The van der Waals surface area contributed by atoms with E-state index in [1.54, 1.807) is 0 Å². The van der Waals surface area contributed by atoms with Crippen molar-refractivity contribution in [1.29, 1.82) is 0 Å². The maximum absolute atomic E-state index is 11.1. The van der Waals surface area contributed by atoms with Crippen LogP contribution in [0.5, 0.6) is 0 Å². The standard InChI is InChI=1S/C8H10O4/c1-5-3-4-8(5,6(9)10)7(11)12-2/h1,3-4H2,2H3,(H,9,10). The Hall–Kier alpha value is -1.32. The minimum Gasteiger partial charge on any atom is -0.480 e. The first-order valence-electron chi connectivity index (χ1n) is 3.55. The van der Waals surface area contributed by atoms with Gasteiger partial charge in [0.15, 0.2) is 5.41 Å². The molecule has 0 aromatic heterocycles. The molecule has 0 bridgehead atoms. The van der Waals surface area contributed by atoms with Crippen LogP contribution in [0.15, 0.2) is 12.2 Å². The third kappa shape index (κ3) is 0.841. The highest BCUT2D eigenvalue weighted by atomic mass is 16.5. The number of carbonyl (C=O) groups excluding carboxylic acids is 1. The highest BCUT2D eigenvalue weighted by molar-refractivity contribution is 6.04. The summed E-state index contributed by atoms with van der Waals surface area (Å²) >= 11 is 0. The molecule has 66 valence electrons. The molecule has 0 radical (unpaired) electrons. The molecule has 0 heterocycles. The van der Waals surface area contributed by atoms with Crippen LogP contribution in [-0.2, 0) is 14.3 Å². The molecular formula is C8H10O4. The maximum Gasteiger partial charge on any atom is 0.327 e. The molecule has 1 fully saturated rings. The SMILES string of the molecule is C=C1CCC1(C(=O)O)C(=O)OC. The van der Waals surface area contributed by atoms with Crippen LogP contribution in [0.1, 0.15) is 12.8 Å². The highest BCUT2D eigenvalue weighted by Gasteiger charge is 2.55.